The Hall–Kier alpha value is -3.61. The number of para-hydroxylation sites is 2. The van der Waals surface area contributed by atoms with Gasteiger partial charge in [0.2, 0.25) is 0 Å². The molecule has 33 heavy (non-hydrogen) atoms. The lowest BCUT2D eigenvalue weighted by atomic mass is 9.87. The third kappa shape index (κ3) is 3.14. The zero-order valence-corrected chi connectivity index (χ0v) is 19.1. The van der Waals surface area contributed by atoms with Crippen LogP contribution >= 0.6 is 0 Å². The van der Waals surface area contributed by atoms with E-state index in [-0.39, 0.29) is 11.8 Å². The normalized spacial score (nSPS) is 19.9. The number of imide groups is 1. The molecular weight excluding hydrogens is 416 g/mol. The molecule has 2 N–H and O–H groups in total. The number of urea groups is 1. The third-order valence-corrected chi connectivity index (χ3v) is 6.86. The molecule has 170 valence electrons. The number of nitrogens with one attached hydrogen (secondary N) is 2. The van der Waals surface area contributed by atoms with E-state index in [0.717, 1.165) is 28.6 Å². The van der Waals surface area contributed by atoms with E-state index in [1.807, 2.05) is 24.3 Å². The lowest BCUT2D eigenvalue weighted by Gasteiger charge is -2.35. The molecule has 0 saturated carbocycles. The molecule has 0 bridgehead atoms. The van der Waals surface area contributed by atoms with Crippen molar-refractivity contribution in [2.75, 3.05) is 18.0 Å². The summed E-state index contributed by atoms with van der Waals surface area (Å²) < 4.78 is 0. The van der Waals surface area contributed by atoms with Crippen molar-refractivity contribution in [3.05, 3.63) is 65.4 Å². The Morgan fingerprint density at radius 3 is 2.64 bits per heavy atom. The van der Waals surface area contributed by atoms with Gasteiger partial charge in [-0.15, -0.1) is 0 Å². The molecule has 7 heteroatoms. The zero-order valence-electron chi connectivity index (χ0n) is 19.1. The Labute approximate surface area is 192 Å². The molecule has 0 radical (unpaired) electrons. The number of carbonyl (C=O) groups excluding carboxylic acids is 3. The van der Waals surface area contributed by atoms with Crippen LogP contribution in [0.2, 0.25) is 0 Å². The Kier molecular flexibility index (Phi) is 5.00. The molecule has 1 atom stereocenters. The van der Waals surface area contributed by atoms with Crippen LogP contribution in [0.25, 0.3) is 10.9 Å². The lowest BCUT2D eigenvalue weighted by Crippen LogP contribution is -2.49. The molecule has 2 aliphatic rings. The van der Waals surface area contributed by atoms with Gasteiger partial charge in [-0.25, -0.2) is 9.69 Å². The van der Waals surface area contributed by atoms with E-state index < -0.39 is 11.6 Å². The maximum absolute atomic E-state index is 13.9. The summed E-state index contributed by atoms with van der Waals surface area (Å²) in [6.45, 7) is 6.96. The molecule has 1 saturated heterocycles. The molecule has 3 heterocycles. The average molecular weight is 445 g/mol. The van der Waals surface area contributed by atoms with Crippen LogP contribution in [0.3, 0.4) is 0 Å². The average Bonchev–Trinajstić information content (AvgIpc) is 3.27. The summed E-state index contributed by atoms with van der Waals surface area (Å²) in [5.41, 5.74) is 2.28. The molecule has 2 aromatic carbocycles. The van der Waals surface area contributed by atoms with Gasteiger partial charge in [0, 0.05) is 24.0 Å². The van der Waals surface area contributed by atoms with Gasteiger partial charge in [0.25, 0.3) is 11.8 Å². The first-order valence-electron chi connectivity index (χ1n) is 11.5. The summed E-state index contributed by atoms with van der Waals surface area (Å²) >= 11 is 0. The number of hydrogen-bond acceptors (Lipinski definition) is 3. The highest BCUT2D eigenvalue weighted by atomic mass is 16.2. The summed E-state index contributed by atoms with van der Waals surface area (Å²) in [5, 5.41) is 4.00. The summed E-state index contributed by atoms with van der Waals surface area (Å²) in [5.74, 6) is -0.167. The molecule has 7 nitrogen and oxygen atoms in total. The molecule has 0 aliphatic carbocycles. The smallest absolute Gasteiger partial charge is 0.332 e. The lowest BCUT2D eigenvalue weighted by molar-refractivity contribution is -0.125. The second-order valence-corrected chi connectivity index (χ2v) is 9.38. The topological polar surface area (TPSA) is 85.5 Å². The van der Waals surface area contributed by atoms with Crippen LogP contribution in [0.5, 0.6) is 0 Å². The second kappa shape index (κ2) is 7.76. The maximum Gasteiger partial charge on any atom is 0.332 e. The molecular formula is C26H28N4O3. The predicted octanol–water partition coefficient (Wildman–Crippen LogP) is 4.18. The van der Waals surface area contributed by atoms with Gasteiger partial charge < -0.3 is 15.2 Å². The van der Waals surface area contributed by atoms with Crippen LogP contribution in [0, 0.1) is 5.92 Å². The number of aromatic amines is 1. The van der Waals surface area contributed by atoms with E-state index in [4.69, 9.17) is 0 Å². The summed E-state index contributed by atoms with van der Waals surface area (Å²) in [4.78, 5) is 46.6. The van der Waals surface area contributed by atoms with Crippen LogP contribution in [0.4, 0.5) is 10.5 Å². The highest BCUT2D eigenvalue weighted by Crippen LogP contribution is 2.45. The molecule has 5 rings (SSSR count). The van der Waals surface area contributed by atoms with Crippen molar-refractivity contribution in [3.8, 4) is 0 Å². The van der Waals surface area contributed by atoms with E-state index in [0.29, 0.717) is 36.7 Å². The van der Waals surface area contributed by atoms with E-state index in [1.54, 1.807) is 36.1 Å². The summed E-state index contributed by atoms with van der Waals surface area (Å²) in [6.07, 6.45) is 1.52. The van der Waals surface area contributed by atoms with Gasteiger partial charge in [-0.2, -0.15) is 0 Å². The predicted molar refractivity (Wildman–Crippen MR) is 127 cm³/mol. The molecule has 1 fully saturated rings. The summed E-state index contributed by atoms with van der Waals surface area (Å²) in [6, 6.07) is 14.4. The first kappa shape index (κ1) is 21.2. The van der Waals surface area contributed by atoms with Crippen molar-refractivity contribution in [2.45, 2.75) is 39.2 Å². The third-order valence-electron chi connectivity index (χ3n) is 6.86. The standard InChI is InChI=1S/C26H28N4O3/c1-16(2)12-14-27-23(31)19-9-5-7-11-21(19)30-24(32)26(3)22-18(13-15-29(26)25(30)33)17-8-4-6-10-20(17)28-22/h4-11,16,28H,12-15H2,1-3H3,(H,27,31)/t26-/m0/s1. The minimum absolute atomic E-state index is 0.284. The van der Waals surface area contributed by atoms with Crippen molar-refractivity contribution in [1.29, 1.82) is 0 Å². The van der Waals surface area contributed by atoms with Gasteiger partial charge in [0.15, 0.2) is 5.54 Å². The number of aromatic nitrogens is 1. The molecule has 0 unspecified atom stereocenters. The number of fused-ring (bicyclic) bond motifs is 5. The van der Waals surface area contributed by atoms with Crippen LogP contribution in [0.1, 0.15) is 48.8 Å². The van der Waals surface area contributed by atoms with Crippen molar-refractivity contribution >= 4 is 34.4 Å². The Morgan fingerprint density at radius 2 is 1.85 bits per heavy atom. The highest BCUT2D eigenvalue weighted by Gasteiger charge is 2.59. The number of hydrogen-bond donors (Lipinski definition) is 2. The fourth-order valence-corrected chi connectivity index (χ4v) is 5.03. The number of rotatable bonds is 5. The number of benzene rings is 2. The van der Waals surface area contributed by atoms with E-state index >= 15 is 0 Å². The first-order valence-corrected chi connectivity index (χ1v) is 11.5. The van der Waals surface area contributed by atoms with Gasteiger partial charge in [0.05, 0.1) is 16.9 Å². The molecule has 0 spiro atoms. The summed E-state index contributed by atoms with van der Waals surface area (Å²) in [7, 11) is 0. The number of H-pyrrole nitrogens is 1. The molecule has 2 aliphatic heterocycles. The Morgan fingerprint density at radius 1 is 1.12 bits per heavy atom. The van der Waals surface area contributed by atoms with Crippen molar-refractivity contribution in [2.24, 2.45) is 5.92 Å². The monoisotopic (exact) mass is 444 g/mol. The van der Waals surface area contributed by atoms with Crippen LogP contribution in [-0.2, 0) is 16.8 Å². The highest BCUT2D eigenvalue weighted by molar-refractivity contribution is 6.25. The van der Waals surface area contributed by atoms with Gasteiger partial charge >= 0.3 is 6.03 Å². The fraction of sp³-hybridized carbons (Fsp3) is 0.346. The van der Waals surface area contributed by atoms with E-state index in [9.17, 15) is 14.4 Å². The molecule has 3 aromatic rings. The van der Waals surface area contributed by atoms with Crippen molar-refractivity contribution in [3.63, 3.8) is 0 Å². The Bertz CT molecular complexity index is 1280. The SMILES string of the molecule is CC(C)CCNC(=O)c1ccccc1N1C(=O)N2CCc3c([nH]c4ccccc34)[C@@]2(C)C1=O. The number of anilines is 1. The van der Waals surface area contributed by atoms with Gasteiger partial charge in [-0.05, 0) is 49.4 Å². The van der Waals surface area contributed by atoms with Gasteiger partial charge in [0.1, 0.15) is 0 Å². The van der Waals surface area contributed by atoms with E-state index in [2.05, 4.69) is 24.1 Å². The van der Waals surface area contributed by atoms with Gasteiger partial charge in [-0.3, -0.25) is 9.59 Å². The minimum atomic E-state index is -1.15. The fourth-order valence-electron chi connectivity index (χ4n) is 5.03. The largest absolute Gasteiger partial charge is 0.356 e. The van der Waals surface area contributed by atoms with Crippen LogP contribution in [0.15, 0.2) is 48.5 Å². The zero-order chi connectivity index (χ0) is 23.3. The minimum Gasteiger partial charge on any atom is -0.356 e. The van der Waals surface area contributed by atoms with Crippen LogP contribution in [-0.4, -0.2) is 40.8 Å². The molecule has 4 amide bonds. The van der Waals surface area contributed by atoms with Gasteiger partial charge in [-0.1, -0.05) is 44.2 Å². The first-order chi connectivity index (χ1) is 15.8. The van der Waals surface area contributed by atoms with Crippen molar-refractivity contribution in [1.82, 2.24) is 15.2 Å². The Balaban J connectivity index is 1.54. The number of nitrogens with zero attached hydrogens (tertiary/aromatic N) is 2. The van der Waals surface area contributed by atoms with E-state index in [1.165, 1.54) is 4.90 Å². The van der Waals surface area contributed by atoms with Crippen LogP contribution < -0.4 is 10.2 Å². The number of carbonyl (C=O) groups is 3. The quantitative estimate of drug-likeness (QED) is 0.579. The molecule has 1 aromatic heterocycles. The maximum atomic E-state index is 13.9. The second-order valence-electron chi connectivity index (χ2n) is 9.38. The number of amides is 4. The van der Waals surface area contributed by atoms with Crippen molar-refractivity contribution < 1.29 is 14.4 Å².